The molecule has 0 aliphatic carbocycles. The first-order valence-corrected chi connectivity index (χ1v) is 5.70. The molecule has 0 amide bonds. The lowest BCUT2D eigenvalue weighted by Crippen LogP contribution is -2.16. The molecule has 0 radical (unpaired) electrons. The predicted molar refractivity (Wildman–Crippen MR) is 58.7 cm³/mol. The summed E-state index contributed by atoms with van der Waals surface area (Å²) in [5.74, 6) is 0.636. The Balaban J connectivity index is 1.70. The van der Waals surface area contributed by atoms with Crippen molar-refractivity contribution in [1.29, 1.82) is 5.26 Å². The van der Waals surface area contributed by atoms with Gasteiger partial charge in [-0.15, -0.1) is 11.3 Å². The second kappa shape index (κ2) is 5.39. The highest BCUT2D eigenvalue weighted by molar-refractivity contribution is 7.10. The molecule has 5 nitrogen and oxygen atoms in total. The minimum Gasteiger partial charge on any atom is -0.340 e. The second-order valence-electron chi connectivity index (χ2n) is 3.18. The van der Waals surface area contributed by atoms with Crippen LogP contribution in [0.2, 0.25) is 0 Å². The van der Waals surface area contributed by atoms with Crippen molar-refractivity contribution in [3.63, 3.8) is 0 Å². The average molecular weight is 234 g/mol. The zero-order valence-corrected chi connectivity index (χ0v) is 9.33. The van der Waals surface area contributed by atoms with Gasteiger partial charge in [-0.05, 0) is 6.07 Å². The molecular weight excluding hydrogens is 224 g/mol. The number of hydrogen-bond donors (Lipinski definition) is 1. The molecule has 0 saturated heterocycles. The van der Waals surface area contributed by atoms with Crippen LogP contribution < -0.4 is 5.32 Å². The molecule has 0 aromatic carbocycles. The van der Waals surface area contributed by atoms with E-state index in [1.807, 2.05) is 11.4 Å². The molecule has 0 saturated carbocycles. The minimum atomic E-state index is 0.636. The zero-order chi connectivity index (χ0) is 11.2. The Morgan fingerprint density at radius 1 is 1.56 bits per heavy atom. The Morgan fingerprint density at radius 2 is 2.50 bits per heavy atom. The van der Waals surface area contributed by atoms with Gasteiger partial charge in [0.1, 0.15) is 6.07 Å². The van der Waals surface area contributed by atoms with Gasteiger partial charge in [-0.3, -0.25) is 0 Å². The van der Waals surface area contributed by atoms with Crippen molar-refractivity contribution in [2.24, 2.45) is 0 Å². The molecule has 1 N–H and O–H groups in total. The SMILES string of the molecule is N#Cc1csc(CNCCc2ncno2)c1. The fraction of sp³-hybridized carbons (Fsp3) is 0.300. The van der Waals surface area contributed by atoms with Gasteiger partial charge < -0.3 is 9.84 Å². The third-order valence-electron chi connectivity index (χ3n) is 2.00. The van der Waals surface area contributed by atoms with E-state index in [1.165, 1.54) is 6.33 Å². The van der Waals surface area contributed by atoms with Crippen LogP contribution >= 0.6 is 11.3 Å². The van der Waals surface area contributed by atoms with Crippen molar-refractivity contribution in [1.82, 2.24) is 15.5 Å². The third kappa shape index (κ3) is 2.89. The van der Waals surface area contributed by atoms with Crippen LogP contribution in [0.5, 0.6) is 0 Å². The third-order valence-corrected chi connectivity index (χ3v) is 2.94. The standard InChI is InChI=1S/C10H10N4OS/c11-4-8-3-9(16-6-8)5-12-2-1-10-13-7-14-15-10/h3,6-7,12H,1-2,5H2. The van der Waals surface area contributed by atoms with Gasteiger partial charge in [-0.25, -0.2) is 0 Å². The number of rotatable bonds is 5. The molecule has 2 aromatic rings. The van der Waals surface area contributed by atoms with Crippen molar-refractivity contribution in [3.8, 4) is 6.07 Å². The Bertz CT molecular complexity index is 471. The summed E-state index contributed by atoms with van der Waals surface area (Å²) in [4.78, 5) is 5.07. The molecule has 0 aliphatic rings. The summed E-state index contributed by atoms with van der Waals surface area (Å²) in [6, 6.07) is 4.00. The highest BCUT2D eigenvalue weighted by Crippen LogP contribution is 2.13. The van der Waals surface area contributed by atoms with E-state index in [0.29, 0.717) is 5.89 Å². The van der Waals surface area contributed by atoms with Crippen LogP contribution in [-0.4, -0.2) is 16.7 Å². The van der Waals surface area contributed by atoms with E-state index in [-0.39, 0.29) is 0 Å². The number of thiophene rings is 1. The Kier molecular flexibility index (Phi) is 3.64. The molecule has 82 valence electrons. The van der Waals surface area contributed by atoms with Crippen molar-refractivity contribution >= 4 is 11.3 Å². The van der Waals surface area contributed by atoms with E-state index >= 15 is 0 Å². The van der Waals surface area contributed by atoms with Crippen LogP contribution in [0.25, 0.3) is 0 Å². The summed E-state index contributed by atoms with van der Waals surface area (Å²) in [6.45, 7) is 1.54. The van der Waals surface area contributed by atoms with Crippen LogP contribution in [0.15, 0.2) is 22.3 Å². The molecule has 2 aromatic heterocycles. The lowest BCUT2D eigenvalue weighted by Gasteiger charge is -1.99. The van der Waals surface area contributed by atoms with Gasteiger partial charge in [-0.1, -0.05) is 5.16 Å². The Hall–Kier alpha value is -1.71. The molecule has 0 atom stereocenters. The summed E-state index contributed by atoms with van der Waals surface area (Å²) < 4.78 is 4.87. The van der Waals surface area contributed by atoms with Gasteiger partial charge in [0.25, 0.3) is 0 Å². The monoisotopic (exact) mass is 234 g/mol. The molecular formula is C10H10N4OS. The summed E-state index contributed by atoms with van der Waals surface area (Å²) in [5, 5.41) is 17.3. The molecule has 2 rings (SSSR count). The number of nitrogens with zero attached hydrogens (tertiary/aromatic N) is 3. The van der Waals surface area contributed by atoms with Crippen molar-refractivity contribution in [2.75, 3.05) is 6.54 Å². The average Bonchev–Trinajstić information content (AvgIpc) is 2.95. The first kappa shape index (κ1) is 10.8. The summed E-state index contributed by atoms with van der Waals surface area (Å²) in [6.07, 6.45) is 2.12. The Labute approximate surface area is 96.7 Å². The van der Waals surface area contributed by atoms with Crippen molar-refractivity contribution in [3.05, 3.63) is 34.1 Å². The van der Waals surface area contributed by atoms with Crippen LogP contribution in [0.1, 0.15) is 16.3 Å². The zero-order valence-electron chi connectivity index (χ0n) is 8.51. The maximum atomic E-state index is 8.66. The molecule has 6 heteroatoms. The van der Waals surface area contributed by atoms with E-state index in [9.17, 15) is 0 Å². The predicted octanol–water partition coefficient (Wildman–Crippen LogP) is 1.34. The molecule has 0 aliphatic heterocycles. The molecule has 0 bridgehead atoms. The lowest BCUT2D eigenvalue weighted by atomic mass is 10.3. The highest BCUT2D eigenvalue weighted by atomic mass is 32.1. The van der Waals surface area contributed by atoms with Gasteiger partial charge in [0.2, 0.25) is 5.89 Å². The smallest absolute Gasteiger partial charge is 0.227 e. The quantitative estimate of drug-likeness (QED) is 0.790. The van der Waals surface area contributed by atoms with Gasteiger partial charge in [-0.2, -0.15) is 10.2 Å². The molecule has 2 heterocycles. The van der Waals surface area contributed by atoms with Gasteiger partial charge in [0.15, 0.2) is 6.33 Å². The number of hydrogen-bond acceptors (Lipinski definition) is 6. The van der Waals surface area contributed by atoms with Crippen LogP contribution in [0.4, 0.5) is 0 Å². The van der Waals surface area contributed by atoms with E-state index in [2.05, 4.69) is 21.5 Å². The number of nitrogens with one attached hydrogen (secondary N) is 1. The molecule has 16 heavy (non-hydrogen) atoms. The summed E-state index contributed by atoms with van der Waals surface area (Å²) >= 11 is 1.59. The van der Waals surface area contributed by atoms with Crippen LogP contribution in [0.3, 0.4) is 0 Å². The van der Waals surface area contributed by atoms with Crippen LogP contribution in [-0.2, 0) is 13.0 Å². The Morgan fingerprint density at radius 3 is 3.19 bits per heavy atom. The van der Waals surface area contributed by atoms with E-state index in [0.717, 1.165) is 30.0 Å². The number of aromatic nitrogens is 2. The van der Waals surface area contributed by atoms with Crippen LogP contribution in [0, 0.1) is 11.3 Å². The summed E-state index contributed by atoms with van der Waals surface area (Å²) in [5.41, 5.74) is 0.721. The number of nitriles is 1. The molecule has 0 spiro atoms. The highest BCUT2D eigenvalue weighted by Gasteiger charge is 2.00. The normalized spacial score (nSPS) is 10.2. The maximum Gasteiger partial charge on any atom is 0.227 e. The minimum absolute atomic E-state index is 0.636. The van der Waals surface area contributed by atoms with E-state index < -0.39 is 0 Å². The summed E-state index contributed by atoms with van der Waals surface area (Å²) in [7, 11) is 0. The van der Waals surface area contributed by atoms with Gasteiger partial charge >= 0.3 is 0 Å². The van der Waals surface area contributed by atoms with Crippen molar-refractivity contribution < 1.29 is 4.52 Å². The van der Waals surface area contributed by atoms with E-state index in [1.54, 1.807) is 11.3 Å². The van der Waals surface area contributed by atoms with Crippen molar-refractivity contribution in [2.45, 2.75) is 13.0 Å². The first-order valence-electron chi connectivity index (χ1n) is 4.82. The molecule has 0 fully saturated rings. The fourth-order valence-corrected chi connectivity index (χ4v) is 2.02. The lowest BCUT2D eigenvalue weighted by molar-refractivity contribution is 0.375. The van der Waals surface area contributed by atoms with Gasteiger partial charge in [0, 0.05) is 29.8 Å². The fourth-order valence-electron chi connectivity index (χ4n) is 1.25. The second-order valence-corrected chi connectivity index (χ2v) is 4.17. The largest absolute Gasteiger partial charge is 0.340 e. The van der Waals surface area contributed by atoms with Gasteiger partial charge in [0.05, 0.1) is 5.56 Å². The first-order chi connectivity index (χ1) is 7.88. The topological polar surface area (TPSA) is 74.7 Å². The maximum absolute atomic E-state index is 8.66. The molecule has 0 unspecified atom stereocenters. The van der Waals surface area contributed by atoms with E-state index in [4.69, 9.17) is 9.78 Å².